The number of aromatic nitrogens is 1. The van der Waals surface area contributed by atoms with Gasteiger partial charge in [0, 0.05) is 4.88 Å². The first kappa shape index (κ1) is 14.3. The molecule has 0 fully saturated rings. The highest BCUT2D eigenvalue weighted by atomic mass is 32.1. The van der Waals surface area contributed by atoms with E-state index in [0.29, 0.717) is 5.69 Å². The highest BCUT2D eigenvalue weighted by Crippen LogP contribution is 2.30. The maximum atomic E-state index is 11.1. The third kappa shape index (κ3) is 2.75. The standard InChI is InChI=1S/C14H17N3O2S/c1-7-13(20-9(3)16-7)8(2)17-11-6-4-5-10(12(11)15)14(18)19/h4-6,8,17H,15H2,1-3H3,(H,18,19). The van der Waals surface area contributed by atoms with Crippen LogP contribution >= 0.6 is 11.3 Å². The van der Waals surface area contributed by atoms with Gasteiger partial charge in [0.25, 0.3) is 0 Å². The topological polar surface area (TPSA) is 88.2 Å². The second-order valence-corrected chi connectivity index (χ2v) is 5.86. The lowest BCUT2D eigenvalue weighted by molar-refractivity contribution is 0.0698. The van der Waals surface area contributed by atoms with Crippen LogP contribution in [0.2, 0.25) is 0 Å². The normalized spacial score (nSPS) is 12.2. The number of carbonyl (C=O) groups is 1. The Kier molecular flexibility index (Phi) is 3.94. The summed E-state index contributed by atoms with van der Waals surface area (Å²) in [5.41, 5.74) is 7.88. The number of nitrogens with two attached hydrogens (primary N) is 1. The van der Waals surface area contributed by atoms with Crippen LogP contribution in [0.3, 0.4) is 0 Å². The lowest BCUT2D eigenvalue weighted by Gasteiger charge is -2.17. The Balaban J connectivity index is 2.28. The first-order chi connectivity index (χ1) is 9.40. The molecule has 0 aliphatic heterocycles. The van der Waals surface area contributed by atoms with E-state index in [2.05, 4.69) is 10.3 Å². The Bertz CT molecular complexity index is 652. The fourth-order valence-corrected chi connectivity index (χ4v) is 3.06. The number of nitrogens with zero attached hydrogens (tertiary/aromatic N) is 1. The van der Waals surface area contributed by atoms with Gasteiger partial charge in [0.1, 0.15) is 0 Å². The van der Waals surface area contributed by atoms with Crippen molar-refractivity contribution in [3.63, 3.8) is 0 Å². The Morgan fingerprint density at radius 2 is 2.15 bits per heavy atom. The van der Waals surface area contributed by atoms with Gasteiger partial charge in [-0.3, -0.25) is 0 Å². The molecule has 1 aromatic carbocycles. The van der Waals surface area contributed by atoms with E-state index in [1.54, 1.807) is 23.5 Å². The molecule has 0 saturated carbocycles. The Hall–Kier alpha value is -2.08. The lowest BCUT2D eigenvalue weighted by Crippen LogP contribution is -2.11. The predicted octanol–water partition coefficient (Wildman–Crippen LogP) is 3.21. The van der Waals surface area contributed by atoms with Crippen LogP contribution in [0.25, 0.3) is 0 Å². The first-order valence-corrected chi connectivity index (χ1v) is 7.04. The molecule has 20 heavy (non-hydrogen) atoms. The van der Waals surface area contributed by atoms with Gasteiger partial charge >= 0.3 is 5.97 Å². The molecular formula is C14H17N3O2S. The molecule has 6 heteroatoms. The number of rotatable bonds is 4. The van der Waals surface area contributed by atoms with Gasteiger partial charge in [0.15, 0.2) is 0 Å². The molecule has 1 aromatic heterocycles. The van der Waals surface area contributed by atoms with Crippen molar-refractivity contribution < 1.29 is 9.90 Å². The third-order valence-corrected chi connectivity index (χ3v) is 4.30. The van der Waals surface area contributed by atoms with Crippen molar-refractivity contribution in [2.45, 2.75) is 26.8 Å². The Morgan fingerprint density at radius 3 is 2.70 bits per heavy atom. The Morgan fingerprint density at radius 1 is 1.45 bits per heavy atom. The van der Waals surface area contributed by atoms with Gasteiger partial charge in [-0.15, -0.1) is 11.3 Å². The van der Waals surface area contributed by atoms with Crippen LogP contribution in [0.15, 0.2) is 18.2 Å². The van der Waals surface area contributed by atoms with Gasteiger partial charge in [0.05, 0.1) is 33.7 Å². The van der Waals surface area contributed by atoms with Crippen molar-refractivity contribution in [2.75, 3.05) is 11.1 Å². The molecule has 0 aliphatic carbocycles. The number of hydrogen-bond donors (Lipinski definition) is 3. The van der Waals surface area contributed by atoms with Crippen molar-refractivity contribution in [3.05, 3.63) is 39.3 Å². The number of nitrogens with one attached hydrogen (secondary N) is 1. The summed E-state index contributed by atoms with van der Waals surface area (Å²) >= 11 is 1.63. The summed E-state index contributed by atoms with van der Waals surface area (Å²) in [5.74, 6) is -1.02. The van der Waals surface area contributed by atoms with Crippen molar-refractivity contribution in [1.82, 2.24) is 4.98 Å². The number of aryl methyl sites for hydroxylation is 2. The van der Waals surface area contributed by atoms with Crippen LogP contribution in [-0.2, 0) is 0 Å². The molecule has 5 nitrogen and oxygen atoms in total. The van der Waals surface area contributed by atoms with E-state index < -0.39 is 5.97 Å². The second-order valence-electron chi connectivity index (χ2n) is 4.62. The van der Waals surface area contributed by atoms with Gasteiger partial charge in [-0.2, -0.15) is 0 Å². The smallest absolute Gasteiger partial charge is 0.337 e. The number of carboxylic acid groups (broad SMARTS) is 1. The number of benzene rings is 1. The minimum Gasteiger partial charge on any atom is -0.478 e. The fraction of sp³-hybridized carbons (Fsp3) is 0.286. The number of hydrogen-bond acceptors (Lipinski definition) is 5. The summed E-state index contributed by atoms with van der Waals surface area (Å²) in [7, 11) is 0. The van der Waals surface area contributed by atoms with Gasteiger partial charge in [-0.1, -0.05) is 6.07 Å². The molecule has 0 spiro atoms. The fourth-order valence-electron chi connectivity index (χ4n) is 2.13. The van der Waals surface area contributed by atoms with E-state index in [4.69, 9.17) is 10.8 Å². The lowest BCUT2D eigenvalue weighted by atomic mass is 10.1. The monoisotopic (exact) mass is 291 g/mol. The van der Waals surface area contributed by atoms with E-state index in [1.165, 1.54) is 6.07 Å². The molecule has 0 radical (unpaired) electrons. The highest BCUT2D eigenvalue weighted by Gasteiger charge is 2.16. The molecular weight excluding hydrogens is 274 g/mol. The maximum Gasteiger partial charge on any atom is 0.337 e. The summed E-state index contributed by atoms with van der Waals surface area (Å²) in [6, 6.07) is 4.98. The van der Waals surface area contributed by atoms with Crippen LogP contribution in [0.4, 0.5) is 11.4 Å². The quantitative estimate of drug-likeness (QED) is 0.753. The Labute approximate surface area is 121 Å². The largest absolute Gasteiger partial charge is 0.478 e. The average molecular weight is 291 g/mol. The number of nitrogen functional groups attached to an aromatic ring is 1. The molecule has 0 aliphatic rings. The van der Waals surface area contributed by atoms with E-state index in [0.717, 1.165) is 15.6 Å². The summed E-state index contributed by atoms with van der Waals surface area (Å²) in [4.78, 5) is 16.6. The van der Waals surface area contributed by atoms with Crippen LogP contribution < -0.4 is 11.1 Å². The molecule has 106 valence electrons. The summed E-state index contributed by atoms with van der Waals surface area (Å²) < 4.78 is 0. The average Bonchev–Trinajstić information content (AvgIpc) is 2.70. The molecule has 1 unspecified atom stereocenters. The van der Waals surface area contributed by atoms with Gasteiger partial charge in [0.2, 0.25) is 0 Å². The summed E-state index contributed by atoms with van der Waals surface area (Å²) in [5, 5.41) is 13.3. The van der Waals surface area contributed by atoms with E-state index in [-0.39, 0.29) is 17.3 Å². The molecule has 1 heterocycles. The van der Waals surface area contributed by atoms with Crippen molar-refractivity contribution >= 4 is 28.7 Å². The van der Waals surface area contributed by atoms with Gasteiger partial charge < -0.3 is 16.2 Å². The molecule has 0 bridgehead atoms. The SMILES string of the molecule is Cc1nc(C)c(C(C)Nc2cccc(C(=O)O)c2N)s1. The van der Waals surface area contributed by atoms with Gasteiger partial charge in [-0.05, 0) is 32.9 Å². The zero-order valence-corrected chi connectivity index (χ0v) is 12.4. The minimum absolute atomic E-state index is 0.0209. The molecule has 2 aromatic rings. The van der Waals surface area contributed by atoms with E-state index in [9.17, 15) is 4.79 Å². The third-order valence-electron chi connectivity index (χ3n) is 3.04. The highest BCUT2D eigenvalue weighted by molar-refractivity contribution is 7.11. The molecule has 4 N–H and O–H groups in total. The maximum absolute atomic E-state index is 11.1. The molecule has 0 saturated heterocycles. The predicted molar refractivity (Wildman–Crippen MR) is 81.4 cm³/mol. The number of para-hydroxylation sites is 1. The molecule has 0 amide bonds. The van der Waals surface area contributed by atoms with E-state index >= 15 is 0 Å². The van der Waals surface area contributed by atoms with Crippen molar-refractivity contribution in [2.24, 2.45) is 0 Å². The van der Waals surface area contributed by atoms with E-state index in [1.807, 2.05) is 20.8 Å². The van der Waals surface area contributed by atoms with Crippen LogP contribution in [0, 0.1) is 13.8 Å². The van der Waals surface area contributed by atoms with Crippen LogP contribution in [-0.4, -0.2) is 16.1 Å². The van der Waals surface area contributed by atoms with Gasteiger partial charge in [-0.25, -0.2) is 9.78 Å². The number of anilines is 2. The zero-order valence-electron chi connectivity index (χ0n) is 11.6. The van der Waals surface area contributed by atoms with Crippen molar-refractivity contribution in [3.8, 4) is 0 Å². The molecule has 2 rings (SSSR count). The zero-order chi connectivity index (χ0) is 14.9. The number of aromatic carboxylic acids is 1. The second kappa shape index (κ2) is 5.50. The number of carboxylic acids is 1. The van der Waals surface area contributed by atoms with Crippen LogP contribution in [0.5, 0.6) is 0 Å². The van der Waals surface area contributed by atoms with Crippen molar-refractivity contribution in [1.29, 1.82) is 0 Å². The number of thiazole rings is 1. The first-order valence-electron chi connectivity index (χ1n) is 6.22. The minimum atomic E-state index is -1.02. The molecule has 1 atom stereocenters. The van der Waals surface area contributed by atoms with Crippen LogP contribution in [0.1, 0.15) is 38.9 Å². The summed E-state index contributed by atoms with van der Waals surface area (Å²) in [6.45, 7) is 5.94. The summed E-state index contributed by atoms with van der Waals surface area (Å²) in [6.07, 6.45) is 0.